The summed E-state index contributed by atoms with van der Waals surface area (Å²) in [5, 5.41) is 0. The molecular formula is C15H26B3O7P2. The van der Waals surface area contributed by atoms with E-state index in [1.807, 2.05) is 20.5 Å². The molecule has 5 radical (unpaired) electrons. The number of rotatable bonds is 1. The summed E-state index contributed by atoms with van der Waals surface area (Å²) >= 11 is 0. The average molecular weight is 413 g/mol. The molecule has 7 nitrogen and oxygen atoms in total. The summed E-state index contributed by atoms with van der Waals surface area (Å²) in [6.07, 6.45) is 2.45. The molecule has 0 aromatic heterocycles. The van der Waals surface area contributed by atoms with Crippen LogP contribution in [0.5, 0.6) is 0 Å². The summed E-state index contributed by atoms with van der Waals surface area (Å²) in [4.78, 5) is 0. The highest BCUT2D eigenvalue weighted by molar-refractivity contribution is 7.63. The summed E-state index contributed by atoms with van der Waals surface area (Å²) < 4.78 is 48.2. The largest absolute Gasteiger partial charge is 0.379 e. The van der Waals surface area contributed by atoms with Crippen LogP contribution in [0.4, 0.5) is 0 Å². The molecule has 3 heterocycles. The summed E-state index contributed by atoms with van der Waals surface area (Å²) in [5.41, 5.74) is 0. The Morgan fingerprint density at radius 2 is 1.67 bits per heavy atom. The normalized spacial score (nSPS) is 54.4. The van der Waals surface area contributed by atoms with Crippen molar-refractivity contribution in [3.05, 3.63) is 0 Å². The van der Waals surface area contributed by atoms with Crippen LogP contribution in [-0.4, -0.2) is 92.0 Å². The molecule has 0 spiro atoms. The van der Waals surface area contributed by atoms with Crippen LogP contribution < -0.4 is 0 Å². The Kier molecular flexibility index (Phi) is 6.83. The number of fused-ring (bicyclic) bond motifs is 3. The Morgan fingerprint density at radius 1 is 1.00 bits per heavy atom. The molecule has 147 valence electrons. The van der Waals surface area contributed by atoms with Crippen LogP contribution in [0.25, 0.3) is 0 Å². The van der Waals surface area contributed by atoms with Crippen molar-refractivity contribution < 1.29 is 32.1 Å². The van der Waals surface area contributed by atoms with E-state index in [-0.39, 0.29) is 37.3 Å². The van der Waals surface area contributed by atoms with Crippen molar-refractivity contribution in [2.45, 2.75) is 50.3 Å². The zero-order valence-corrected chi connectivity index (χ0v) is 18.0. The summed E-state index contributed by atoms with van der Waals surface area (Å²) in [6, 6.07) is -0.968. The average Bonchev–Trinajstić information content (AvgIpc) is 3.02. The monoisotopic (exact) mass is 413 g/mol. The zero-order chi connectivity index (χ0) is 20.0. The van der Waals surface area contributed by atoms with Crippen LogP contribution in [0.2, 0.25) is 0 Å². The first-order valence-electron chi connectivity index (χ1n) is 9.09. The molecule has 4 unspecified atom stereocenters. The lowest BCUT2D eigenvalue weighted by Crippen LogP contribution is -2.34. The summed E-state index contributed by atoms with van der Waals surface area (Å²) in [5.74, 6) is -0.220. The van der Waals surface area contributed by atoms with Gasteiger partial charge in [-0.15, -0.1) is 0 Å². The fraction of sp³-hybridized carbons (Fsp3) is 0.933. The van der Waals surface area contributed by atoms with Crippen molar-refractivity contribution in [1.29, 1.82) is 0 Å². The van der Waals surface area contributed by atoms with Crippen LogP contribution in [-0.2, 0) is 32.1 Å². The van der Waals surface area contributed by atoms with Gasteiger partial charge < -0.3 is 27.6 Å². The molecule has 3 saturated heterocycles. The Morgan fingerprint density at radius 3 is 2.33 bits per heavy atom. The minimum atomic E-state index is -3.37. The third kappa shape index (κ3) is 4.98. The lowest BCUT2D eigenvalue weighted by molar-refractivity contribution is -0.00666. The van der Waals surface area contributed by atoms with Crippen LogP contribution in [0.1, 0.15) is 13.8 Å². The fourth-order valence-electron chi connectivity index (χ4n) is 3.62. The highest BCUT2D eigenvalue weighted by Gasteiger charge is 2.47. The molecule has 3 rings (SSSR count). The predicted octanol–water partition coefficient (Wildman–Crippen LogP) is 1.21. The minimum absolute atomic E-state index is 0.0525. The van der Waals surface area contributed by atoms with Gasteiger partial charge in [-0.3, -0.25) is 4.57 Å². The topological polar surface area (TPSA) is 72.5 Å². The smallest absolute Gasteiger partial charge is 0.328 e. The van der Waals surface area contributed by atoms with Crippen molar-refractivity contribution in [2.24, 2.45) is 11.8 Å². The first kappa shape index (κ1) is 22.2. The standard InChI is InChI=1S/C15H26B3O7P2/c1-8-10-6-21-27(5,19)25-12-9(2)14(16)22-11(12)7-20-26(3,4)24-13(8)15(18-17)23-10/h8-15H,3,6-7H2,1-2,4-5H3/t8-,9-,10-,11-,12?,13?,14-,15-,26?,27?/m1/s1. The molecule has 3 aliphatic heterocycles. The second kappa shape index (κ2) is 8.31. The van der Waals surface area contributed by atoms with Gasteiger partial charge in [0.1, 0.15) is 21.3 Å². The van der Waals surface area contributed by atoms with Gasteiger partial charge >= 0.3 is 7.60 Å². The van der Waals surface area contributed by atoms with E-state index < -0.39 is 39.2 Å². The molecule has 3 fully saturated rings. The zero-order valence-electron chi connectivity index (χ0n) is 16.2. The Balaban J connectivity index is 1.86. The lowest BCUT2D eigenvalue weighted by atomic mass is 9.50. The van der Waals surface area contributed by atoms with Crippen molar-refractivity contribution in [3.63, 3.8) is 0 Å². The predicted molar refractivity (Wildman–Crippen MR) is 108 cm³/mol. The van der Waals surface area contributed by atoms with E-state index in [1.54, 1.807) is 0 Å². The molecule has 12 heteroatoms. The molecule has 3 aliphatic rings. The van der Waals surface area contributed by atoms with E-state index >= 15 is 0 Å². The maximum Gasteiger partial charge on any atom is 0.328 e. The van der Waals surface area contributed by atoms with Gasteiger partial charge in [0.05, 0.1) is 38.7 Å². The number of hydrogen-bond donors (Lipinski definition) is 0. The van der Waals surface area contributed by atoms with Gasteiger partial charge in [0.2, 0.25) is 0 Å². The Labute approximate surface area is 165 Å². The highest BCUT2D eigenvalue weighted by atomic mass is 31.2. The van der Waals surface area contributed by atoms with Gasteiger partial charge in [-0.2, -0.15) is 0 Å². The molecular weight excluding hydrogens is 387 g/mol. The van der Waals surface area contributed by atoms with Crippen molar-refractivity contribution in [1.82, 2.24) is 0 Å². The molecule has 0 N–H and O–H groups in total. The van der Waals surface area contributed by atoms with Crippen molar-refractivity contribution in [2.75, 3.05) is 26.5 Å². The van der Waals surface area contributed by atoms with Gasteiger partial charge in [-0.25, -0.2) is 0 Å². The van der Waals surface area contributed by atoms with Gasteiger partial charge in [0.15, 0.2) is 0 Å². The van der Waals surface area contributed by atoms with Crippen LogP contribution in [0.3, 0.4) is 0 Å². The highest BCUT2D eigenvalue weighted by Crippen LogP contribution is 2.53. The minimum Gasteiger partial charge on any atom is -0.379 e. The second-order valence-corrected chi connectivity index (χ2v) is 12.2. The van der Waals surface area contributed by atoms with Gasteiger partial charge in [0.25, 0.3) is 0 Å². The third-order valence-electron chi connectivity index (χ3n) is 5.33. The Hall–Kier alpha value is 0.485. The molecule has 27 heavy (non-hydrogen) atoms. The molecule has 0 amide bonds. The SMILES string of the molecule is [B][B][C@@H]1O[C@@H]2COP(C)(=O)OC3[C@@H](C)[C@H]([B])O[C@@H]3COP(=C)(C)OC1[C@@H]2C. The lowest BCUT2D eigenvalue weighted by Gasteiger charge is -2.30. The van der Waals surface area contributed by atoms with Gasteiger partial charge in [-0.1, -0.05) is 20.1 Å². The molecule has 0 aliphatic carbocycles. The van der Waals surface area contributed by atoms with E-state index in [9.17, 15) is 4.57 Å². The summed E-state index contributed by atoms with van der Waals surface area (Å²) in [7, 11) is 7.37. The maximum absolute atomic E-state index is 12.9. The molecule has 10 atom stereocenters. The quantitative estimate of drug-likeness (QED) is 0.473. The molecule has 0 aromatic rings. The Bertz CT molecular complexity index is 639. The van der Waals surface area contributed by atoms with E-state index in [1.165, 1.54) is 13.8 Å². The molecule has 0 saturated carbocycles. The molecule has 0 aromatic carbocycles. The second-order valence-electron chi connectivity index (χ2n) is 7.71. The van der Waals surface area contributed by atoms with E-state index in [0.29, 0.717) is 0 Å². The first-order chi connectivity index (χ1) is 12.5. The van der Waals surface area contributed by atoms with Crippen LogP contribution in [0.15, 0.2) is 0 Å². The van der Waals surface area contributed by atoms with Crippen LogP contribution >= 0.6 is 14.9 Å². The molecule has 2 bridgehead atoms. The van der Waals surface area contributed by atoms with E-state index in [2.05, 4.69) is 6.30 Å². The summed E-state index contributed by atoms with van der Waals surface area (Å²) in [6.45, 7) is 7.40. The van der Waals surface area contributed by atoms with E-state index in [4.69, 9.17) is 43.2 Å². The first-order valence-corrected chi connectivity index (χ1v) is 13.3. The maximum atomic E-state index is 12.9. The van der Waals surface area contributed by atoms with E-state index in [0.717, 1.165) is 0 Å². The van der Waals surface area contributed by atoms with Gasteiger partial charge in [-0.05, 0) is 0 Å². The fourth-order valence-corrected chi connectivity index (χ4v) is 6.22. The number of ether oxygens (including phenoxy) is 2. The van der Waals surface area contributed by atoms with Crippen molar-refractivity contribution >= 4 is 44.0 Å². The third-order valence-corrected chi connectivity index (χ3v) is 7.96. The van der Waals surface area contributed by atoms with Gasteiger partial charge in [0, 0.05) is 44.9 Å². The van der Waals surface area contributed by atoms with Crippen LogP contribution in [0, 0.1) is 11.8 Å². The number of hydrogen-bond acceptors (Lipinski definition) is 7. The van der Waals surface area contributed by atoms with Crippen molar-refractivity contribution in [3.8, 4) is 0 Å².